The second-order valence-corrected chi connectivity index (χ2v) is 8.47. The number of carbonyl (C=O) groups excluding carboxylic acids is 4. The van der Waals surface area contributed by atoms with Crippen molar-refractivity contribution in [2.24, 2.45) is 0 Å². The van der Waals surface area contributed by atoms with Gasteiger partial charge in [0, 0.05) is 28.3 Å². The summed E-state index contributed by atoms with van der Waals surface area (Å²) in [6.07, 6.45) is -1.46. The van der Waals surface area contributed by atoms with Gasteiger partial charge in [-0.2, -0.15) is 0 Å². The van der Waals surface area contributed by atoms with Crippen LogP contribution in [0.3, 0.4) is 0 Å². The van der Waals surface area contributed by atoms with Gasteiger partial charge in [0.25, 0.3) is 0 Å². The molecule has 0 saturated carbocycles. The van der Waals surface area contributed by atoms with Gasteiger partial charge in [-0.05, 0) is 63.6 Å². The van der Waals surface area contributed by atoms with E-state index in [-0.39, 0.29) is 56.4 Å². The first-order valence-corrected chi connectivity index (χ1v) is 11.2. The summed E-state index contributed by atoms with van der Waals surface area (Å²) >= 11 is 0. The van der Waals surface area contributed by atoms with Crippen molar-refractivity contribution in [1.82, 2.24) is 0 Å². The van der Waals surface area contributed by atoms with E-state index in [4.69, 9.17) is 18.9 Å². The van der Waals surface area contributed by atoms with Crippen LogP contribution in [-0.4, -0.2) is 35.1 Å². The van der Waals surface area contributed by atoms with Gasteiger partial charge in [0.2, 0.25) is 6.29 Å². The normalized spacial score (nSPS) is 11.0. The minimum atomic E-state index is -1.46. The molecule has 0 aliphatic rings. The Kier molecular flexibility index (Phi) is 9.67. The fourth-order valence-electron chi connectivity index (χ4n) is 2.61. The first-order valence-electron chi connectivity index (χ1n) is 11.2. The lowest BCUT2D eigenvalue weighted by molar-refractivity contribution is -0.131. The molecular formula is C29H28O9. The molecule has 1 unspecified atom stereocenters. The zero-order valence-corrected chi connectivity index (χ0v) is 21.6. The molecule has 2 rings (SSSR count). The number of benzene rings is 2. The van der Waals surface area contributed by atoms with Crippen molar-refractivity contribution >= 4 is 23.7 Å². The summed E-state index contributed by atoms with van der Waals surface area (Å²) in [5, 5.41) is 10.2. The molecule has 0 aromatic heterocycles. The van der Waals surface area contributed by atoms with Gasteiger partial charge in [-0.1, -0.05) is 26.3 Å². The summed E-state index contributed by atoms with van der Waals surface area (Å²) < 4.78 is 21.2. The van der Waals surface area contributed by atoms with Crippen LogP contribution in [-0.2, 0) is 14.4 Å². The van der Waals surface area contributed by atoms with Gasteiger partial charge in [-0.25, -0.2) is 14.4 Å². The van der Waals surface area contributed by atoms with Gasteiger partial charge in [-0.15, -0.1) is 0 Å². The Hall–Kier alpha value is -4.76. The SMILES string of the molecule is C=C(C)C(=O)Oc1ccc(C(=O)c2ccc(OC(=O)C(=C)C)c(OC(O)C(=C)C)c2)c(OC(=O)C(=C)C)c1. The summed E-state index contributed by atoms with van der Waals surface area (Å²) in [4.78, 5) is 49.7. The summed E-state index contributed by atoms with van der Waals surface area (Å²) in [7, 11) is 0. The maximum absolute atomic E-state index is 13.5. The monoisotopic (exact) mass is 520 g/mol. The highest BCUT2D eigenvalue weighted by atomic mass is 16.6. The molecule has 0 aliphatic carbocycles. The van der Waals surface area contributed by atoms with Crippen LogP contribution in [0.15, 0.2) is 85.0 Å². The molecule has 0 bridgehead atoms. The Morgan fingerprint density at radius 2 is 1.21 bits per heavy atom. The Bertz CT molecular complexity index is 1360. The van der Waals surface area contributed by atoms with Gasteiger partial charge in [0.15, 0.2) is 17.3 Å². The standard InChI is InChI=1S/C29H28O9/c1-15(2)26(31)35-20-10-11-21(23(14-20)37-28(33)17(5)6)25(30)19-9-12-22(36-27(32)16(3)4)24(13-19)38-29(34)18(7)8/h9-14,29,34H,1,3,5,7H2,2,4,6,8H3. The van der Waals surface area contributed by atoms with E-state index in [1.54, 1.807) is 0 Å². The smallest absolute Gasteiger partial charge is 0.338 e. The van der Waals surface area contributed by atoms with E-state index in [9.17, 15) is 24.3 Å². The van der Waals surface area contributed by atoms with Crippen LogP contribution in [0.25, 0.3) is 0 Å². The fraction of sp³-hybridized carbons (Fsp3) is 0.172. The second-order valence-electron chi connectivity index (χ2n) is 8.47. The molecule has 9 nitrogen and oxygen atoms in total. The van der Waals surface area contributed by atoms with Crippen molar-refractivity contribution in [2.75, 3.05) is 0 Å². The molecule has 0 spiro atoms. The molecule has 2 aromatic rings. The van der Waals surface area contributed by atoms with E-state index in [1.165, 1.54) is 64.1 Å². The van der Waals surface area contributed by atoms with Crippen LogP contribution in [0.1, 0.15) is 43.6 Å². The molecule has 198 valence electrons. The third kappa shape index (κ3) is 7.62. The lowest BCUT2D eigenvalue weighted by Gasteiger charge is -2.17. The summed E-state index contributed by atoms with van der Waals surface area (Å²) in [5.41, 5.74) is 0.556. The maximum Gasteiger partial charge on any atom is 0.338 e. The van der Waals surface area contributed by atoms with Crippen LogP contribution in [0, 0.1) is 0 Å². The number of esters is 3. The molecule has 0 heterocycles. The number of carbonyl (C=O) groups is 4. The molecule has 0 saturated heterocycles. The lowest BCUT2D eigenvalue weighted by atomic mass is 10.0. The number of hydrogen-bond donors (Lipinski definition) is 1. The highest BCUT2D eigenvalue weighted by molar-refractivity contribution is 6.11. The number of aliphatic hydroxyl groups is 1. The van der Waals surface area contributed by atoms with Crippen molar-refractivity contribution in [3.05, 3.63) is 96.1 Å². The third-order valence-corrected chi connectivity index (χ3v) is 4.73. The molecule has 9 heteroatoms. The molecule has 0 fully saturated rings. The first kappa shape index (κ1) is 29.5. The predicted octanol–water partition coefficient (Wildman–Crippen LogP) is 4.64. The Morgan fingerprint density at radius 3 is 1.74 bits per heavy atom. The second kappa shape index (κ2) is 12.5. The van der Waals surface area contributed by atoms with Crippen LogP contribution in [0.4, 0.5) is 0 Å². The number of ether oxygens (including phenoxy) is 4. The van der Waals surface area contributed by atoms with E-state index in [0.717, 1.165) is 0 Å². The number of rotatable bonds is 11. The van der Waals surface area contributed by atoms with Crippen LogP contribution in [0.5, 0.6) is 23.0 Å². The molecular weight excluding hydrogens is 492 g/mol. The van der Waals surface area contributed by atoms with Gasteiger partial charge in [0.05, 0.1) is 5.56 Å². The maximum atomic E-state index is 13.5. The first-order chi connectivity index (χ1) is 17.7. The molecule has 2 aromatic carbocycles. The topological polar surface area (TPSA) is 125 Å². The van der Waals surface area contributed by atoms with Gasteiger partial charge in [0.1, 0.15) is 11.5 Å². The number of aliphatic hydroxyl groups excluding tert-OH is 1. The van der Waals surface area contributed by atoms with Crippen LogP contribution in [0.2, 0.25) is 0 Å². The molecule has 1 atom stereocenters. The largest absolute Gasteiger partial charge is 0.457 e. The van der Waals surface area contributed by atoms with Crippen LogP contribution < -0.4 is 18.9 Å². The van der Waals surface area contributed by atoms with E-state index in [2.05, 4.69) is 26.3 Å². The van der Waals surface area contributed by atoms with Crippen molar-refractivity contribution in [2.45, 2.75) is 34.0 Å². The summed E-state index contributed by atoms with van der Waals surface area (Å²) in [6, 6.07) is 7.76. The quantitative estimate of drug-likeness (QED) is 0.113. The fourth-order valence-corrected chi connectivity index (χ4v) is 2.61. The van der Waals surface area contributed by atoms with Gasteiger partial charge < -0.3 is 24.1 Å². The molecule has 0 aliphatic heterocycles. The van der Waals surface area contributed by atoms with E-state index < -0.39 is 30.0 Å². The Balaban J connectivity index is 2.57. The van der Waals surface area contributed by atoms with Gasteiger partial charge in [-0.3, -0.25) is 4.79 Å². The van der Waals surface area contributed by atoms with E-state index in [1.807, 2.05) is 0 Å². The molecule has 1 N–H and O–H groups in total. The highest BCUT2D eigenvalue weighted by Gasteiger charge is 2.23. The summed E-state index contributed by atoms with van der Waals surface area (Å²) in [5.74, 6) is -3.28. The van der Waals surface area contributed by atoms with Crippen molar-refractivity contribution < 1.29 is 43.2 Å². The molecule has 0 amide bonds. The lowest BCUT2D eigenvalue weighted by Crippen LogP contribution is -2.18. The molecule has 0 radical (unpaired) electrons. The highest BCUT2D eigenvalue weighted by Crippen LogP contribution is 2.34. The van der Waals surface area contributed by atoms with Crippen molar-refractivity contribution in [1.29, 1.82) is 0 Å². The third-order valence-electron chi connectivity index (χ3n) is 4.73. The minimum absolute atomic E-state index is 0.00900. The Morgan fingerprint density at radius 1 is 0.684 bits per heavy atom. The average molecular weight is 521 g/mol. The van der Waals surface area contributed by atoms with Crippen molar-refractivity contribution in [3.63, 3.8) is 0 Å². The van der Waals surface area contributed by atoms with Crippen LogP contribution >= 0.6 is 0 Å². The number of ketones is 1. The van der Waals surface area contributed by atoms with Gasteiger partial charge >= 0.3 is 17.9 Å². The van der Waals surface area contributed by atoms with E-state index >= 15 is 0 Å². The zero-order valence-electron chi connectivity index (χ0n) is 21.6. The zero-order chi connectivity index (χ0) is 28.7. The van der Waals surface area contributed by atoms with E-state index in [0.29, 0.717) is 0 Å². The molecule has 38 heavy (non-hydrogen) atoms. The Labute approximate surface area is 220 Å². The minimum Gasteiger partial charge on any atom is -0.457 e. The average Bonchev–Trinajstić information content (AvgIpc) is 2.84. The number of hydrogen-bond acceptors (Lipinski definition) is 9. The predicted molar refractivity (Wildman–Crippen MR) is 139 cm³/mol. The summed E-state index contributed by atoms with van der Waals surface area (Å²) in [6.45, 7) is 20.0. The van der Waals surface area contributed by atoms with Crippen molar-refractivity contribution in [3.8, 4) is 23.0 Å².